The van der Waals surface area contributed by atoms with Crippen LogP contribution in [-0.2, 0) is 100 Å². The van der Waals surface area contributed by atoms with Crippen molar-refractivity contribution in [3.8, 4) is 0 Å². The molecule has 3 heterocycles. The van der Waals surface area contributed by atoms with Crippen LogP contribution in [0.4, 0.5) is 21.0 Å². The number of benzene rings is 2. The van der Waals surface area contributed by atoms with Crippen molar-refractivity contribution in [1.29, 1.82) is 0 Å². The van der Waals surface area contributed by atoms with Crippen LogP contribution < -0.4 is 53.7 Å². The number of aliphatic carboxylic acids is 4. The molecule has 5 rings (SSSR count). The summed E-state index contributed by atoms with van der Waals surface area (Å²) in [5.74, 6) is -3.47. The molecule has 2 aromatic carbocycles. The first kappa shape index (κ1) is 108. The van der Waals surface area contributed by atoms with Gasteiger partial charge in [-0.2, -0.15) is 5.10 Å². The van der Waals surface area contributed by atoms with Gasteiger partial charge < -0.3 is 132 Å². The number of carboxylic acid groups (broad SMARTS) is 6. The van der Waals surface area contributed by atoms with Crippen LogP contribution in [0, 0.1) is 3.57 Å². The lowest BCUT2D eigenvalue weighted by atomic mass is 10.1. The van der Waals surface area contributed by atoms with Crippen LogP contribution in [0.15, 0.2) is 89.0 Å². The van der Waals surface area contributed by atoms with Gasteiger partial charge in [0.25, 0.3) is 0 Å². The average molecular weight is 1930 g/mol. The molecule has 0 radical (unpaired) electrons. The van der Waals surface area contributed by atoms with E-state index in [2.05, 4.69) is 95.4 Å². The highest BCUT2D eigenvalue weighted by molar-refractivity contribution is 14.1. The zero-order valence-electron chi connectivity index (χ0n) is 71.6. The minimum Gasteiger partial charge on any atom is -0.481 e. The van der Waals surface area contributed by atoms with Crippen molar-refractivity contribution in [1.82, 2.24) is 57.0 Å². The van der Waals surface area contributed by atoms with Gasteiger partial charge in [-0.3, -0.25) is 34.0 Å². The lowest BCUT2D eigenvalue weighted by molar-refractivity contribution is -0.142. The number of aromatic nitrogens is 2. The second-order valence-corrected chi connectivity index (χ2v) is 30.3. The van der Waals surface area contributed by atoms with Gasteiger partial charge in [-0.05, 0) is 153 Å². The van der Waals surface area contributed by atoms with E-state index in [0.717, 1.165) is 9.13 Å². The van der Waals surface area contributed by atoms with E-state index in [1.807, 2.05) is 29.2 Å². The molecule has 2 aromatic heterocycles. The molecule has 45 heteroatoms. The number of halogens is 1. The third-order valence-corrected chi connectivity index (χ3v) is 19.6. The summed E-state index contributed by atoms with van der Waals surface area (Å²) in [6.07, 6.45) is 2.94. The number of ether oxygens (including phenoxy) is 10. The van der Waals surface area contributed by atoms with E-state index in [1.165, 1.54) is 18.3 Å². The maximum atomic E-state index is 13.9. The van der Waals surface area contributed by atoms with E-state index in [9.17, 15) is 78.3 Å². The number of pyridine rings is 2. The first-order chi connectivity index (χ1) is 61.8. The van der Waals surface area contributed by atoms with Gasteiger partial charge in [-0.1, -0.05) is 30.3 Å². The Morgan fingerprint density at radius 1 is 0.477 bits per heavy atom. The van der Waals surface area contributed by atoms with E-state index < -0.39 is 96.7 Å². The number of unbranched alkanes of at least 4 members (excludes halogenated alkanes) is 3. The van der Waals surface area contributed by atoms with Gasteiger partial charge in [0, 0.05) is 98.5 Å². The third-order valence-electron chi connectivity index (χ3n) is 18.6. The molecule has 1 saturated heterocycles. The Balaban J connectivity index is 0.946. The maximum Gasteiger partial charge on any atom is 0.354 e. The molecule has 1 fully saturated rings. The molecule has 0 saturated carbocycles. The standard InChI is InChI=1S/C83H121IN16O27S/c84-60-18-16-58(17-19-60)51-73(102)87-23-4-2-13-67(77(108)109)95-75(105)65(12-1-6-25-89-83(128)93-63-53-64(91-70(54-63)80(114)115)57-100-29-35-122-41-39-120-33-27-99(28-34-121-40-42-123-36-30-100)56-62-11-8-15-66(90-62)76(106)107)94-72(101)22-31-118-37-43-124-45-47-126-49-50-127-48-46-125-44-38-119-32-26-86-55-71(98-85)59-9-7-10-61(52-59)92-81(116)88-24-5-3-14-68(78(110)111)96-82(117)97-69(79(112)113)20-21-74(103)104/h7-11,15-19,52-55,65,67-69H,1-6,12-14,20-51,56-57,85H2,(H,87,102)(H,94,101)(H,95,105)(H,103,104)(H,106,107)(H,108,109)(H,110,111)(H,112,113)(H,114,115)(H2,88,92,116)(H2,96,97,117)(H2,89,91,93,128)/t65-,67-,68-,69?/m0/s1. The zero-order valence-corrected chi connectivity index (χ0v) is 74.6. The summed E-state index contributed by atoms with van der Waals surface area (Å²) >= 11 is 7.81. The SMILES string of the molecule is NN=C(C=NCCOCCOCCOCCOCCOCCOCCC(=O)N[C@@H](CCCCNC(=S)Nc1cc(CN2CCOCCOCCN(Cc3cccc(C(=O)O)n3)CCOCCOCC2)nc(C(=O)O)c1)C(=O)N[C@@H](CCCCNC(=O)Cc1ccc(I)cc1)C(=O)O)c1cccc(NC(=O)NCCCC[C@H](NC(=O)NC(CCC(=O)O)C(=O)O)C(=O)O)c1. The monoisotopic (exact) mass is 1930 g/mol. The van der Waals surface area contributed by atoms with Crippen LogP contribution in [-0.4, -0.2) is 342 Å². The minimum absolute atomic E-state index is 0.00909. The Hall–Kier alpha value is -10.4. The van der Waals surface area contributed by atoms with E-state index in [0.29, 0.717) is 204 Å². The van der Waals surface area contributed by atoms with Crippen molar-refractivity contribution in [3.63, 3.8) is 0 Å². The fraction of sp³-hybridized carbons (Fsp3) is 0.566. The normalized spacial score (nSPS) is 14.4. The quantitative estimate of drug-likeness (QED) is 0.00753. The van der Waals surface area contributed by atoms with Gasteiger partial charge in [0.1, 0.15) is 35.6 Å². The second kappa shape index (κ2) is 66.0. The topological polar surface area (TPSA) is 593 Å². The summed E-state index contributed by atoms with van der Waals surface area (Å²) in [7, 11) is 0. The molecule has 7 amide bonds. The number of aromatic carboxylic acids is 2. The van der Waals surface area contributed by atoms with Gasteiger partial charge in [0.15, 0.2) is 10.8 Å². The third kappa shape index (κ3) is 50.4. The van der Waals surface area contributed by atoms with Gasteiger partial charge in [-0.15, -0.1) is 0 Å². The van der Waals surface area contributed by atoms with Crippen molar-refractivity contribution >= 4 is 129 Å². The van der Waals surface area contributed by atoms with E-state index >= 15 is 0 Å². The molecular weight excluding hydrogens is 1810 g/mol. The molecule has 17 N–H and O–H groups in total. The number of anilines is 2. The van der Waals surface area contributed by atoms with E-state index in [-0.39, 0.29) is 120 Å². The average Bonchev–Trinajstić information content (AvgIpc) is 0.846. The Morgan fingerprint density at radius 3 is 1.49 bits per heavy atom. The number of amides is 7. The Kier molecular flexibility index (Phi) is 55.8. The fourth-order valence-electron chi connectivity index (χ4n) is 12.0. The molecule has 1 unspecified atom stereocenters. The molecule has 0 spiro atoms. The summed E-state index contributed by atoms with van der Waals surface area (Å²) in [6.45, 7) is 9.41. The summed E-state index contributed by atoms with van der Waals surface area (Å²) < 4.78 is 58.2. The molecule has 1 aliphatic heterocycles. The van der Waals surface area contributed by atoms with Crippen molar-refractivity contribution in [2.75, 3.05) is 195 Å². The van der Waals surface area contributed by atoms with Gasteiger partial charge in [0.05, 0.1) is 156 Å². The van der Waals surface area contributed by atoms with Crippen molar-refractivity contribution < 1.29 is 131 Å². The fourth-order valence-corrected chi connectivity index (χ4v) is 12.6. The van der Waals surface area contributed by atoms with Gasteiger partial charge >= 0.3 is 47.9 Å². The molecular formula is C83H121IN16O27S. The predicted octanol–water partition coefficient (Wildman–Crippen LogP) is 3.19. The number of carbonyl (C=O) groups excluding carboxylic acids is 5. The van der Waals surface area contributed by atoms with Crippen LogP contribution in [0.25, 0.3) is 0 Å². The molecule has 128 heavy (non-hydrogen) atoms. The summed E-state index contributed by atoms with van der Waals surface area (Å²) in [4.78, 5) is 152. The number of carboxylic acids is 6. The van der Waals surface area contributed by atoms with Crippen LogP contribution >= 0.6 is 34.8 Å². The van der Waals surface area contributed by atoms with Crippen molar-refractivity contribution in [3.05, 3.63) is 116 Å². The number of hydrogen-bond donors (Lipinski definition) is 16. The summed E-state index contributed by atoms with van der Waals surface area (Å²) in [6, 6.07) is 15.2. The van der Waals surface area contributed by atoms with Crippen LogP contribution in [0.3, 0.4) is 0 Å². The van der Waals surface area contributed by atoms with Crippen LogP contribution in [0.2, 0.25) is 0 Å². The van der Waals surface area contributed by atoms with Crippen LogP contribution in [0.1, 0.15) is 121 Å². The minimum atomic E-state index is -1.54. The van der Waals surface area contributed by atoms with Gasteiger partial charge in [0.2, 0.25) is 17.7 Å². The lowest BCUT2D eigenvalue weighted by Crippen LogP contribution is -2.51. The molecule has 4 atom stereocenters. The number of nitrogens with two attached hydrogens (primary N) is 1. The van der Waals surface area contributed by atoms with E-state index in [4.69, 9.17) is 70.5 Å². The second-order valence-electron chi connectivity index (χ2n) is 28.7. The smallest absolute Gasteiger partial charge is 0.354 e. The zero-order chi connectivity index (χ0) is 92.7. The Bertz CT molecular complexity index is 4090. The highest BCUT2D eigenvalue weighted by Crippen LogP contribution is 2.18. The highest BCUT2D eigenvalue weighted by atomic mass is 127. The largest absolute Gasteiger partial charge is 0.481 e. The number of carbonyl (C=O) groups is 11. The molecule has 4 aromatic rings. The van der Waals surface area contributed by atoms with Crippen LogP contribution in [0.5, 0.6) is 0 Å². The number of aliphatic imine (C=N–C) groups is 1. The lowest BCUT2D eigenvalue weighted by Gasteiger charge is -2.23. The number of rotatable bonds is 59. The maximum absolute atomic E-state index is 13.9. The summed E-state index contributed by atoms with van der Waals surface area (Å²) in [5, 5.41) is 85.2. The van der Waals surface area contributed by atoms with Crippen molar-refractivity contribution in [2.45, 2.75) is 121 Å². The Labute approximate surface area is 760 Å². The number of nitrogens with one attached hydrogen (secondary N) is 9. The predicted molar refractivity (Wildman–Crippen MR) is 478 cm³/mol. The number of thiocarbonyl (C=S) groups is 1. The molecule has 1 aliphatic rings. The Morgan fingerprint density at radius 2 is 0.961 bits per heavy atom. The van der Waals surface area contributed by atoms with E-state index in [1.54, 1.807) is 42.5 Å². The molecule has 708 valence electrons. The molecule has 0 aliphatic carbocycles. The number of urea groups is 2. The number of nitrogens with zero attached hydrogens (tertiary/aromatic N) is 6. The number of hydrogen-bond acceptors (Lipinski definition) is 29. The number of hydrazone groups is 1. The molecule has 43 nitrogen and oxygen atoms in total. The first-order valence-electron chi connectivity index (χ1n) is 42.1. The van der Waals surface area contributed by atoms with Crippen molar-refractivity contribution in [2.24, 2.45) is 15.9 Å². The van der Waals surface area contributed by atoms with Gasteiger partial charge in [-0.25, -0.2) is 43.5 Å². The highest BCUT2D eigenvalue weighted by Gasteiger charge is 2.28. The summed E-state index contributed by atoms with van der Waals surface area (Å²) in [5.41, 5.74) is 3.31. The molecule has 0 bridgehead atoms. The first-order valence-corrected chi connectivity index (χ1v) is 43.5.